The molecule has 0 radical (unpaired) electrons. The molecule has 58 heavy (non-hydrogen) atoms. The van der Waals surface area contributed by atoms with E-state index in [1.165, 1.54) is 0 Å². The quantitative estimate of drug-likeness (QED) is 0.162. The molecule has 4 N–H and O–H groups in total. The van der Waals surface area contributed by atoms with Crippen molar-refractivity contribution in [1.29, 1.82) is 0 Å². The number of piperidine rings is 2. The van der Waals surface area contributed by atoms with E-state index in [2.05, 4.69) is 74.6 Å². The van der Waals surface area contributed by atoms with Crippen molar-refractivity contribution in [3.8, 4) is 11.1 Å². The van der Waals surface area contributed by atoms with Gasteiger partial charge in [-0.1, -0.05) is 30.3 Å². The van der Waals surface area contributed by atoms with Gasteiger partial charge in [0.2, 0.25) is 23.6 Å². The van der Waals surface area contributed by atoms with Gasteiger partial charge in [-0.15, -0.1) is 0 Å². The van der Waals surface area contributed by atoms with Crippen LogP contribution in [0.4, 0.5) is 22.7 Å². The first kappa shape index (κ1) is 38.8. The standard InChI is InChI=1S/C45H50N8O5/c1-46-43(56)30-6-4-7-32(24-30)47-45(58)42-38-26-29(11-17-39(38)51(3)49-42)36-15-14-35(53-21-5-8-41(53)55)25-31(36)27-50(2)33-19-22-52(23-20-33)34-12-9-28(10-13-34)37-16-18-40(54)48-44(37)57/h4,6-7,9-15,17,24-26,33,37,42,49H,5,8,16,18-23,27H2,1-3H3,(H,46,56)(H,47,58)(H,48,54,57). The SMILES string of the molecule is CNC(=O)c1cccc(NC(=O)C2NN(C)c3ccc(-c4ccc(N5CCCC5=O)cc4CN(C)C4CCN(c5ccc(C6CCC(=O)NC6=O)cc5)CC4)cc32)c1. The Kier molecular flexibility index (Phi) is 11.0. The Morgan fingerprint density at radius 3 is 2.36 bits per heavy atom. The predicted octanol–water partition coefficient (Wildman–Crippen LogP) is 5.10. The third-order valence-electron chi connectivity index (χ3n) is 12.1. The van der Waals surface area contributed by atoms with E-state index in [1.54, 1.807) is 31.3 Å². The highest BCUT2D eigenvalue weighted by Crippen LogP contribution is 2.39. The molecule has 300 valence electrons. The lowest BCUT2D eigenvalue weighted by Crippen LogP contribution is -2.43. The highest BCUT2D eigenvalue weighted by molar-refractivity contribution is 6.01. The average Bonchev–Trinajstić information content (AvgIpc) is 3.82. The maximum Gasteiger partial charge on any atom is 0.251 e. The van der Waals surface area contributed by atoms with Crippen LogP contribution in [0.3, 0.4) is 0 Å². The molecular formula is C45H50N8O5. The van der Waals surface area contributed by atoms with Crippen LogP contribution in [0.2, 0.25) is 0 Å². The number of anilines is 4. The van der Waals surface area contributed by atoms with Gasteiger partial charge in [0.1, 0.15) is 6.04 Å². The van der Waals surface area contributed by atoms with Crippen molar-refractivity contribution in [2.24, 2.45) is 0 Å². The first-order valence-electron chi connectivity index (χ1n) is 20.2. The van der Waals surface area contributed by atoms with Crippen LogP contribution in [0.25, 0.3) is 11.1 Å². The maximum atomic E-state index is 13.8. The second kappa shape index (κ2) is 16.4. The summed E-state index contributed by atoms with van der Waals surface area (Å²) in [5.74, 6) is -1.04. The number of amides is 5. The molecule has 5 amide bonds. The minimum atomic E-state index is -0.657. The molecule has 13 nitrogen and oxygen atoms in total. The molecule has 3 fully saturated rings. The summed E-state index contributed by atoms with van der Waals surface area (Å²) >= 11 is 0. The number of imide groups is 1. The van der Waals surface area contributed by atoms with Crippen LogP contribution in [0.5, 0.6) is 0 Å². The summed E-state index contributed by atoms with van der Waals surface area (Å²) in [7, 11) is 5.64. The Morgan fingerprint density at radius 2 is 1.64 bits per heavy atom. The highest BCUT2D eigenvalue weighted by Gasteiger charge is 2.33. The third-order valence-corrected chi connectivity index (χ3v) is 12.1. The molecule has 0 spiro atoms. The summed E-state index contributed by atoms with van der Waals surface area (Å²) < 4.78 is 0. The Morgan fingerprint density at radius 1 is 0.862 bits per heavy atom. The minimum absolute atomic E-state index is 0.144. The summed E-state index contributed by atoms with van der Waals surface area (Å²) in [6.07, 6.45) is 4.26. The maximum absolute atomic E-state index is 13.8. The molecule has 0 aromatic heterocycles. The first-order chi connectivity index (χ1) is 28.1. The number of fused-ring (bicyclic) bond motifs is 1. The average molecular weight is 783 g/mol. The summed E-state index contributed by atoms with van der Waals surface area (Å²) in [6.45, 7) is 3.18. The van der Waals surface area contributed by atoms with Crippen molar-refractivity contribution in [1.82, 2.24) is 21.0 Å². The molecule has 2 unspecified atom stereocenters. The van der Waals surface area contributed by atoms with Crippen LogP contribution in [0.15, 0.2) is 84.9 Å². The van der Waals surface area contributed by atoms with Gasteiger partial charge in [0.15, 0.2) is 0 Å². The lowest BCUT2D eigenvalue weighted by Gasteiger charge is -2.38. The van der Waals surface area contributed by atoms with E-state index in [1.807, 2.05) is 41.2 Å². The molecule has 4 aromatic rings. The van der Waals surface area contributed by atoms with Gasteiger partial charge < -0.3 is 25.4 Å². The zero-order valence-corrected chi connectivity index (χ0v) is 33.2. The summed E-state index contributed by atoms with van der Waals surface area (Å²) in [5, 5.41) is 9.94. The minimum Gasteiger partial charge on any atom is -0.371 e. The topological polar surface area (TPSA) is 146 Å². The fraction of sp³-hybridized carbons (Fsp3) is 0.356. The van der Waals surface area contributed by atoms with Gasteiger partial charge in [0.25, 0.3) is 5.91 Å². The normalized spacial score (nSPS) is 19.7. The van der Waals surface area contributed by atoms with Crippen molar-refractivity contribution in [2.75, 3.05) is 60.9 Å². The Bertz CT molecular complexity index is 2250. The van der Waals surface area contributed by atoms with E-state index in [4.69, 9.17) is 0 Å². The van der Waals surface area contributed by atoms with Gasteiger partial charge in [0, 0.05) is 87.3 Å². The smallest absolute Gasteiger partial charge is 0.251 e. The molecule has 8 rings (SSSR count). The Balaban J connectivity index is 0.996. The largest absolute Gasteiger partial charge is 0.371 e. The third kappa shape index (κ3) is 7.92. The highest BCUT2D eigenvalue weighted by atomic mass is 16.2. The first-order valence-corrected chi connectivity index (χ1v) is 20.2. The molecular weight excluding hydrogens is 733 g/mol. The zero-order valence-electron chi connectivity index (χ0n) is 33.2. The van der Waals surface area contributed by atoms with E-state index in [0.717, 1.165) is 77.2 Å². The van der Waals surface area contributed by atoms with Gasteiger partial charge in [-0.2, -0.15) is 0 Å². The number of hydrogen-bond donors (Lipinski definition) is 4. The van der Waals surface area contributed by atoms with Crippen LogP contribution in [0, 0.1) is 0 Å². The lowest BCUT2D eigenvalue weighted by atomic mass is 9.90. The van der Waals surface area contributed by atoms with Crippen LogP contribution in [-0.4, -0.2) is 81.3 Å². The van der Waals surface area contributed by atoms with Crippen LogP contribution >= 0.6 is 0 Å². The number of nitrogens with zero attached hydrogens (tertiary/aromatic N) is 4. The predicted molar refractivity (Wildman–Crippen MR) is 224 cm³/mol. The van der Waals surface area contributed by atoms with Crippen molar-refractivity contribution in [3.63, 3.8) is 0 Å². The van der Waals surface area contributed by atoms with Crippen molar-refractivity contribution in [3.05, 3.63) is 107 Å². The number of rotatable bonds is 10. The van der Waals surface area contributed by atoms with Gasteiger partial charge in [-0.05, 0) is 110 Å². The molecule has 4 heterocycles. The van der Waals surface area contributed by atoms with E-state index >= 15 is 0 Å². The van der Waals surface area contributed by atoms with Crippen LogP contribution in [-0.2, 0) is 25.7 Å². The monoisotopic (exact) mass is 782 g/mol. The molecule has 0 aliphatic carbocycles. The molecule has 4 aromatic carbocycles. The Hall–Kier alpha value is -6.05. The number of nitrogens with one attached hydrogen (secondary N) is 4. The summed E-state index contributed by atoms with van der Waals surface area (Å²) in [6, 6.07) is 27.3. The number of benzene rings is 4. The van der Waals surface area contributed by atoms with E-state index in [-0.39, 0.29) is 35.5 Å². The van der Waals surface area contributed by atoms with Gasteiger partial charge >= 0.3 is 0 Å². The molecule has 4 aliphatic rings. The number of carbonyl (C=O) groups is 5. The van der Waals surface area contributed by atoms with E-state index in [0.29, 0.717) is 49.6 Å². The van der Waals surface area contributed by atoms with Crippen molar-refractivity contribution >= 4 is 52.3 Å². The number of carbonyl (C=O) groups excluding carboxylic acids is 5. The number of hydrogen-bond acceptors (Lipinski definition) is 9. The second-order valence-corrected chi connectivity index (χ2v) is 15.8. The zero-order chi connectivity index (χ0) is 40.5. The van der Waals surface area contributed by atoms with Gasteiger partial charge in [-0.25, -0.2) is 5.43 Å². The molecule has 2 atom stereocenters. The number of hydrazine groups is 1. The summed E-state index contributed by atoms with van der Waals surface area (Å²) in [4.78, 5) is 69.6. The fourth-order valence-corrected chi connectivity index (χ4v) is 8.86. The molecule has 13 heteroatoms. The lowest BCUT2D eigenvalue weighted by molar-refractivity contribution is -0.134. The molecule has 4 aliphatic heterocycles. The van der Waals surface area contributed by atoms with Crippen molar-refractivity contribution in [2.45, 2.75) is 63.1 Å². The fourth-order valence-electron chi connectivity index (χ4n) is 8.86. The Labute approximate surface area is 338 Å². The second-order valence-electron chi connectivity index (χ2n) is 15.8. The van der Waals surface area contributed by atoms with Gasteiger partial charge in [0.05, 0.1) is 11.6 Å². The molecule has 3 saturated heterocycles. The summed E-state index contributed by atoms with van der Waals surface area (Å²) in [5.41, 5.74) is 12.1. The van der Waals surface area contributed by atoms with Crippen molar-refractivity contribution < 1.29 is 24.0 Å². The molecule has 0 saturated carbocycles. The van der Waals surface area contributed by atoms with E-state index in [9.17, 15) is 24.0 Å². The van der Waals surface area contributed by atoms with Gasteiger partial charge in [-0.3, -0.25) is 34.2 Å². The van der Waals surface area contributed by atoms with E-state index < -0.39 is 6.04 Å². The molecule has 0 bridgehead atoms. The van der Waals surface area contributed by atoms with Crippen LogP contribution < -0.4 is 36.2 Å². The van der Waals surface area contributed by atoms with Crippen LogP contribution in [0.1, 0.15) is 77.5 Å².